The minimum absolute atomic E-state index is 0.0365. The summed E-state index contributed by atoms with van der Waals surface area (Å²) in [4.78, 5) is 7.45. The second kappa shape index (κ2) is 4.85. The summed E-state index contributed by atoms with van der Waals surface area (Å²) in [7, 11) is 3.92. The molecule has 2 aromatic rings. The van der Waals surface area contributed by atoms with E-state index in [9.17, 15) is 5.11 Å². The molecule has 4 heteroatoms. The van der Waals surface area contributed by atoms with Crippen LogP contribution >= 0.6 is 11.3 Å². The molecule has 1 N–H and O–H groups in total. The van der Waals surface area contributed by atoms with Crippen molar-refractivity contribution in [3.63, 3.8) is 0 Å². The minimum Gasteiger partial charge on any atom is -0.391 e. The van der Waals surface area contributed by atoms with Gasteiger partial charge in [0.15, 0.2) is 5.13 Å². The standard InChI is InChI=1S/C13H16N2OS/c1-9-5-4-6-10(7-9)12-11(8-16)17-13(14-12)15(2)3/h4-7,16H,8H2,1-3H3. The Labute approximate surface area is 105 Å². The van der Waals surface area contributed by atoms with Gasteiger partial charge in [-0.2, -0.15) is 0 Å². The number of nitrogens with zero attached hydrogens (tertiary/aromatic N) is 2. The van der Waals surface area contributed by atoms with Crippen molar-refractivity contribution in [3.05, 3.63) is 34.7 Å². The molecule has 0 radical (unpaired) electrons. The molecule has 3 nitrogen and oxygen atoms in total. The summed E-state index contributed by atoms with van der Waals surface area (Å²) < 4.78 is 0. The maximum absolute atomic E-state index is 9.40. The topological polar surface area (TPSA) is 36.4 Å². The molecule has 0 bridgehead atoms. The van der Waals surface area contributed by atoms with Crippen molar-refractivity contribution in [1.29, 1.82) is 0 Å². The molecule has 0 aliphatic rings. The Morgan fingerprint density at radius 3 is 2.71 bits per heavy atom. The van der Waals surface area contributed by atoms with Crippen LogP contribution in [0.5, 0.6) is 0 Å². The summed E-state index contributed by atoms with van der Waals surface area (Å²) in [5, 5.41) is 10.3. The third-order valence-electron chi connectivity index (χ3n) is 2.50. The van der Waals surface area contributed by atoms with E-state index >= 15 is 0 Å². The molecule has 90 valence electrons. The first kappa shape index (κ1) is 12.1. The maximum Gasteiger partial charge on any atom is 0.185 e. The third kappa shape index (κ3) is 2.48. The zero-order valence-corrected chi connectivity index (χ0v) is 11.1. The van der Waals surface area contributed by atoms with Crippen LogP contribution in [0.3, 0.4) is 0 Å². The van der Waals surface area contributed by atoms with E-state index in [1.54, 1.807) is 0 Å². The Balaban J connectivity index is 2.50. The molecule has 0 aliphatic carbocycles. The van der Waals surface area contributed by atoms with Gasteiger partial charge in [-0.1, -0.05) is 35.1 Å². The lowest BCUT2D eigenvalue weighted by Gasteiger charge is -2.05. The summed E-state index contributed by atoms with van der Waals surface area (Å²) in [5.74, 6) is 0. The lowest BCUT2D eigenvalue weighted by molar-refractivity contribution is 0.286. The van der Waals surface area contributed by atoms with Crippen molar-refractivity contribution in [2.75, 3.05) is 19.0 Å². The Kier molecular flexibility index (Phi) is 3.45. The number of anilines is 1. The number of aliphatic hydroxyl groups excluding tert-OH is 1. The van der Waals surface area contributed by atoms with E-state index in [1.165, 1.54) is 16.9 Å². The molecule has 1 aromatic carbocycles. The van der Waals surface area contributed by atoms with Gasteiger partial charge < -0.3 is 10.0 Å². The number of aromatic nitrogens is 1. The number of rotatable bonds is 3. The van der Waals surface area contributed by atoms with E-state index < -0.39 is 0 Å². The van der Waals surface area contributed by atoms with Gasteiger partial charge in [-0.3, -0.25) is 0 Å². The summed E-state index contributed by atoms with van der Waals surface area (Å²) >= 11 is 1.53. The molecule has 0 amide bonds. The van der Waals surface area contributed by atoms with Crippen molar-refractivity contribution >= 4 is 16.5 Å². The minimum atomic E-state index is 0.0365. The van der Waals surface area contributed by atoms with Gasteiger partial charge in [-0.25, -0.2) is 4.98 Å². The smallest absolute Gasteiger partial charge is 0.185 e. The van der Waals surface area contributed by atoms with Gasteiger partial charge in [0.25, 0.3) is 0 Å². The van der Waals surface area contributed by atoms with Crippen LogP contribution in [0.25, 0.3) is 11.3 Å². The van der Waals surface area contributed by atoms with E-state index in [1.807, 2.05) is 31.1 Å². The fraction of sp³-hybridized carbons (Fsp3) is 0.308. The molecule has 0 spiro atoms. The molecule has 0 saturated heterocycles. The van der Waals surface area contributed by atoms with Crippen LogP contribution in [0.2, 0.25) is 0 Å². The van der Waals surface area contributed by atoms with Gasteiger partial charge in [0.05, 0.1) is 17.2 Å². The van der Waals surface area contributed by atoms with Crippen LogP contribution in [0.4, 0.5) is 5.13 Å². The van der Waals surface area contributed by atoms with Crippen LogP contribution in [-0.2, 0) is 6.61 Å². The summed E-state index contributed by atoms with van der Waals surface area (Å²) in [5.41, 5.74) is 3.16. The van der Waals surface area contributed by atoms with E-state index in [0.717, 1.165) is 21.3 Å². The number of aryl methyl sites for hydroxylation is 1. The molecule has 1 heterocycles. The Hall–Kier alpha value is -1.39. The van der Waals surface area contributed by atoms with Crippen molar-refractivity contribution in [2.24, 2.45) is 0 Å². The molecular formula is C13H16N2OS. The van der Waals surface area contributed by atoms with E-state index in [2.05, 4.69) is 24.0 Å². The lowest BCUT2D eigenvalue weighted by Crippen LogP contribution is -2.07. The zero-order valence-electron chi connectivity index (χ0n) is 10.3. The predicted molar refractivity (Wildman–Crippen MR) is 72.5 cm³/mol. The van der Waals surface area contributed by atoms with Gasteiger partial charge >= 0.3 is 0 Å². The highest BCUT2D eigenvalue weighted by molar-refractivity contribution is 7.16. The highest BCUT2D eigenvalue weighted by Gasteiger charge is 2.13. The number of hydrogen-bond acceptors (Lipinski definition) is 4. The van der Waals surface area contributed by atoms with Crippen LogP contribution in [0, 0.1) is 6.92 Å². The van der Waals surface area contributed by atoms with Crippen molar-refractivity contribution in [3.8, 4) is 11.3 Å². The number of thiazole rings is 1. The second-order valence-corrected chi connectivity index (χ2v) is 5.25. The lowest BCUT2D eigenvalue weighted by atomic mass is 10.1. The monoisotopic (exact) mass is 248 g/mol. The fourth-order valence-corrected chi connectivity index (χ4v) is 2.52. The largest absolute Gasteiger partial charge is 0.391 e. The highest BCUT2D eigenvalue weighted by atomic mass is 32.1. The van der Waals surface area contributed by atoms with Crippen molar-refractivity contribution < 1.29 is 5.11 Å². The quantitative estimate of drug-likeness (QED) is 0.907. The highest BCUT2D eigenvalue weighted by Crippen LogP contribution is 2.32. The van der Waals surface area contributed by atoms with Crippen LogP contribution < -0.4 is 4.90 Å². The van der Waals surface area contributed by atoms with Gasteiger partial charge in [0.1, 0.15) is 0 Å². The molecule has 0 aliphatic heterocycles. The first-order chi connectivity index (χ1) is 8.11. The summed E-state index contributed by atoms with van der Waals surface area (Å²) in [6.45, 7) is 2.09. The number of aliphatic hydroxyl groups is 1. The second-order valence-electron chi connectivity index (χ2n) is 4.19. The van der Waals surface area contributed by atoms with Gasteiger partial charge in [-0.15, -0.1) is 0 Å². The Bertz CT molecular complexity index is 520. The molecule has 0 fully saturated rings. The Morgan fingerprint density at radius 2 is 2.12 bits per heavy atom. The van der Waals surface area contributed by atoms with E-state index in [4.69, 9.17) is 0 Å². The van der Waals surface area contributed by atoms with Gasteiger partial charge in [0, 0.05) is 19.7 Å². The molecule has 0 unspecified atom stereocenters. The van der Waals surface area contributed by atoms with Gasteiger partial charge in [0.2, 0.25) is 0 Å². The van der Waals surface area contributed by atoms with E-state index in [0.29, 0.717) is 0 Å². The molecular weight excluding hydrogens is 232 g/mol. The van der Waals surface area contributed by atoms with Crippen LogP contribution in [-0.4, -0.2) is 24.2 Å². The van der Waals surface area contributed by atoms with E-state index in [-0.39, 0.29) is 6.61 Å². The number of benzene rings is 1. The molecule has 17 heavy (non-hydrogen) atoms. The SMILES string of the molecule is Cc1cccc(-c2nc(N(C)C)sc2CO)c1. The summed E-state index contributed by atoms with van der Waals surface area (Å²) in [6, 6.07) is 8.19. The third-order valence-corrected chi connectivity index (χ3v) is 3.71. The first-order valence-corrected chi connectivity index (χ1v) is 6.28. The molecule has 0 atom stereocenters. The number of hydrogen-bond donors (Lipinski definition) is 1. The molecule has 0 saturated carbocycles. The van der Waals surface area contributed by atoms with Crippen molar-refractivity contribution in [2.45, 2.75) is 13.5 Å². The normalized spacial score (nSPS) is 10.6. The molecule has 2 rings (SSSR count). The van der Waals surface area contributed by atoms with Crippen LogP contribution in [0.1, 0.15) is 10.4 Å². The van der Waals surface area contributed by atoms with Crippen LogP contribution in [0.15, 0.2) is 24.3 Å². The fourth-order valence-electron chi connectivity index (χ4n) is 1.66. The maximum atomic E-state index is 9.40. The average molecular weight is 248 g/mol. The average Bonchev–Trinajstić information content (AvgIpc) is 2.73. The Morgan fingerprint density at radius 1 is 1.35 bits per heavy atom. The van der Waals surface area contributed by atoms with Crippen molar-refractivity contribution in [1.82, 2.24) is 4.98 Å². The zero-order chi connectivity index (χ0) is 12.4. The molecule has 1 aromatic heterocycles. The van der Waals surface area contributed by atoms with Gasteiger partial charge in [-0.05, 0) is 13.0 Å². The first-order valence-electron chi connectivity index (χ1n) is 5.46. The summed E-state index contributed by atoms with van der Waals surface area (Å²) in [6.07, 6.45) is 0. The predicted octanol–water partition coefficient (Wildman–Crippen LogP) is 2.68.